The monoisotopic (exact) mass is 522 g/mol. The summed E-state index contributed by atoms with van der Waals surface area (Å²) < 4.78 is 92.6. The normalized spacial score (nSPS) is 15.8. The van der Waals surface area contributed by atoms with Gasteiger partial charge in [-0.25, -0.2) is 31.5 Å². The lowest BCUT2D eigenvalue weighted by Crippen LogP contribution is -2.36. The van der Waals surface area contributed by atoms with E-state index in [4.69, 9.17) is 24.7 Å². The maximum absolute atomic E-state index is 15.0. The Morgan fingerprint density at radius 1 is 0.806 bits per heavy atom. The van der Waals surface area contributed by atoms with Crippen molar-refractivity contribution < 1.29 is 50.5 Å². The molecule has 1 aliphatic heterocycles. The highest BCUT2D eigenvalue weighted by Crippen LogP contribution is 2.43. The van der Waals surface area contributed by atoms with Gasteiger partial charge in [0.1, 0.15) is 0 Å². The molecule has 0 spiro atoms. The minimum absolute atomic E-state index is 0.0158. The molecular formula is C23H27F5N2O6. The Morgan fingerprint density at radius 3 is 1.83 bits per heavy atom. The summed E-state index contributed by atoms with van der Waals surface area (Å²) >= 11 is 0. The number of hydrogen-bond donors (Lipinski definition) is 2. The van der Waals surface area contributed by atoms with Crippen LogP contribution < -0.4 is 11.1 Å². The lowest BCUT2D eigenvalue weighted by atomic mass is 9.79. The Bertz CT molecular complexity index is 1030. The van der Waals surface area contributed by atoms with Gasteiger partial charge in [0.2, 0.25) is 5.82 Å². The first-order valence-electron chi connectivity index (χ1n) is 11.0. The van der Waals surface area contributed by atoms with Gasteiger partial charge in [-0.15, -0.1) is 0 Å². The van der Waals surface area contributed by atoms with Crippen molar-refractivity contribution in [1.82, 2.24) is 5.32 Å². The van der Waals surface area contributed by atoms with Crippen LogP contribution in [0.2, 0.25) is 0 Å². The maximum Gasteiger partial charge on any atom is 0.336 e. The first-order chi connectivity index (χ1) is 17.1. The van der Waals surface area contributed by atoms with Crippen LogP contribution in [-0.2, 0) is 28.5 Å². The van der Waals surface area contributed by atoms with Crippen LogP contribution in [0.3, 0.4) is 0 Å². The number of nitrogens with two attached hydrogens (primary N) is 1. The van der Waals surface area contributed by atoms with Gasteiger partial charge in [-0.3, -0.25) is 0 Å². The van der Waals surface area contributed by atoms with E-state index in [1.165, 1.54) is 20.8 Å². The SMILES string of the molecule is CCOC(=O)C1=C(C)NC(COCCOCCN)=C(C(=O)OCC)[C@@H]1c1c(F)c(F)c(F)c(F)c1F. The molecule has 0 bridgehead atoms. The molecule has 1 heterocycles. The quantitative estimate of drug-likeness (QED) is 0.142. The lowest BCUT2D eigenvalue weighted by Gasteiger charge is -2.32. The summed E-state index contributed by atoms with van der Waals surface area (Å²) in [6.07, 6.45) is 0. The van der Waals surface area contributed by atoms with Crippen LogP contribution in [0.15, 0.2) is 22.5 Å². The molecule has 0 saturated heterocycles. The van der Waals surface area contributed by atoms with E-state index in [2.05, 4.69) is 5.32 Å². The molecule has 1 aliphatic rings. The predicted octanol–water partition coefficient (Wildman–Crippen LogP) is 2.72. The van der Waals surface area contributed by atoms with Crippen LogP contribution in [0.4, 0.5) is 22.0 Å². The molecule has 8 nitrogen and oxygen atoms in total. The number of carbonyl (C=O) groups is 2. The van der Waals surface area contributed by atoms with Gasteiger partial charge in [0.05, 0.1) is 62.4 Å². The molecule has 0 saturated carbocycles. The number of carbonyl (C=O) groups excluding carboxylic acids is 2. The van der Waals surface area contributed by atoms with E-state index >= 15 is 0 Å². The average Bonchev–Trinajstić information content (AvgIpc) is 2.83. The summed E-state index contributed by atoms with van der Waals surface area (Å²) in [5.41, 5.74) is 2.67. The first kappa shape index (κ1) is 29.2. The number of ether oxygens (including phenoxy) is 4. The molecule has 1 aromatic carbocycles. The Labute approximate surface area is 204 Å². The molecule has 0 aliphatic carbocycles. The molecule has 0 amide bonds. The van der Waals surface area contributed by atoms with Gasteiger partial charge < -0.3 is 30.0 Å². The fourth-order valence-electron chi connectivity index (χ4n) is 3.58. The molecule has 0 radical (unpaired) electrons. The summed E-state index contributed by atoms with van der Waals surface area (Å²) in [4.78, 5) is 25.7. The van der Waals surface area contributed by atoms with Gasteiger partial charge in [-0.05, 0) is 20.8 Å². The highest BCUT2D eigenvalue weighted by molar-refractivity contribution is 6.00. The zero-order valence-electron chi connectivity index (χ0n) is 19.9. The van der Waals surface area contributed by atoms with Crippen molar-refractivity contribution in [2.45, 2.75) is 26.7 Å². The standard InChI is InChI=1S/C23H27F5N2O6/c1-4-35-22(31)13-11(3)30-12(10-34-9-8-33-7-6-29)14(23(32)36-5-2)15(13)16-17(24)19(26)21(28)20(27)18(16)25/h15,30H,4-10,29H2,1-3H3/t15-/m1/s1. The van der Waals surface area contributed by atoms with Crippen molar-refractivity contribution in [3.05, 3.63) is 57.2 Å². The van der Waals surface area contributed by atoms with Crippen LogP contribution in [0.5, 0.6) is 0 Å². The fourth-order valence-corrected chi connectivity index (χ4v) is 3.58. The third-order valence-electron chi connectivity index (χ3n) is 5.05. The highest BCUT2D eigenvalue weighted by atomic mass is 19.2. The number of esters is 2. The molecule has 36 heavy (non-hydrogen) atoms. The number of rotatable bonds is 12. The highest BCUT2D eigenvalue weighted by Gasteiger charge is 2.43. The predicted molar refractivity (Wildman–Crippen MR) is 116 cm³/mol. The van der Waals surface area contributed by atoms with Crippen LogP contribution >= 0.6 is 0 Å². The molecule has 3 N–H and O–H groups in total. The summed E-state index contributed by atoms with van der Waals surface area (Å²) in [7, 11) is 0. The molecule has 13 heteroatoms. The number of hydrogen-bond acceptors (Lipinski definition) is 8. The van der Waals surface area contributed by atoms with E-state index in [1.807, 2.05) is 0 Å². The van der Waals surface area contributed by atoms with E-state index in [0.717, 1.165) is 0 Å². The second kappa shape index (κ2) is 13.3. The van der Waals surface area contributed by atoms with Crippen molar-refractivity contribution in [3.63, 3.8) is 0 Å². The summed E-state index contributed by atoms with van der Waals surface area (Å²) in [6, 6.07) is 0. The summed E-state index contributed by atoms with van der Waals surface area (Å²) in [5, 5.41) is 2.74. The van der Waals surface area contributed by atoms with Gasteiger partial charge in [-0.1, -0.05) is 0 Å². The number of allylic oxidation sites excluding steroid dienone is 1. The number of benzene rings is 1. The van der Waals surface area contributed by atoms with Gasteiger partial charge in [0, 0.05) is 17.8 Å². The van der Waals surface area contributed by atoms with Gasteiger partial charge in [0.15, 0.2) is 23.3 Å². The van der Waals surface area contributed by atoms with E-state index in [9.17, 15) is 31.5 Å². The molecular weight excluding hydrogens is 495 g/mol. The van der Waals surface area contributed by atoms with E-state index in [1.54, 1.807) is 0 Å². The number of nitrogens with one attached hydrogen (secondary N) is 1. The molecule has 200 valence electrons. The second-order valence-electron chi connectivity index (χ2n) is 7.37. The smallest absolute Gasteiger partial charge is 0.336 e. The van der Waals surface area contributed by atoms with Crippen LogP contribution in [-0.4, -0.2) is 58.1 Å². The number of dihydropyridines is 1. The molecule has 0 unspecified atom stereocenters. The zero-order valence-corrected chi connectivity index (χ0v) is 19.9. The molecule has 0 fully saturated rings. The minimum atomic E-state index is -2.39. The van der Waals surface area contributed by atoms with Crippen LogP contribution in [0, 0.1) is 29.1 Å². The van der Waals surface area contributed by atoms with Gasteiger partial charge in [-0.2, -0.15) is 0 Å². The Kier molecular flexibility index (Phi) is 10.8. The second-order valence-corrected chi connectivity index (χ2v) is 7.37. The Balaban J connectivity index is 2.73. The topological polar surface area (TPSA) is 109 Å². The third-order valence-corrected chi connectivity index (χ3v) is 5.05. The fraction of sp³-hybridized carbons (Fsp3) is 0.478. The van der Waals surface area contributed by atoms with Crippen LogP contribution in [0.25, 0.3) is 0 Å². The van der Waals surface area contributed by atoms with E-state index in [0.29, 0.717) is 0 Å². The summed E-state index contributed by atoms with van der Waals surface area (Å²) in [6.45, 7) is 4.17. The van der Waals surface area contributed by atoms with E-state index < -0.39 is 63.7 Å². The third kappa shape index (κ3) is 6.20. The van der Waals surface area contributed by atoms with Crippen molar-refractivity contribution >= 4 is 11.9 Å². The molecule has 0 aromatic heterocycles. The Morgan fingerprint density at radius 2 is 1.31 bits per heavy atom. The molecule has 1 aromatic rings. The molecule has 1 atom stereocenters. The number of halogens is 5. The van der Waals surface area contributed by atoms with E-state index in [-0.39, 0.29) is 57.6 Å². The van der Waals surface area contributed by atoms with Crippen molar-refractivity contribution in [3.8, 4) is 0 Å². The lowest BCUT2D eigenvalue weighted by molar-refractivity contribution is -0.139. The van der Waals surface area contributed by atoms with Crippen molar-refractivity contribution in [1.29, 1.82) is 0 Å². The van der Waals surface area contributed by atoms with Gasteiger partial charge >= 0.3 is 11.9 Å². The van der Waals surface area contributed by atoms with Crippen LogP contribution in [0.1, 0.15) is 32.3 Å². The minimum Gasteiger partial charge on any atom is -0.463 e. The molecule has 2 rings (SSSR count). The van der Waals surface area contributed by atoms with Gasteiger partial charge in [0.25, 0.3) is 0 Å². The largest absolute Gasteiger partial charge is 0.463 e. The summed E-state index contributed by atoms with van der Waals surface area (Å²) in [5.74, 6) is -15.6. The zero-order chi connectivity index (χ0) is 27.0. The maximum atomic E-state index is 15.0. The van der Waals surface area contributed by atoms with Crippen molar-refractivity contribution in [2.24, 2.45) is 5.73 Å². The average molecular weight is 522 g/mol. The first-order valence-corrected chi connectivity index (χ1v) is 11.0. The Hall–Kier alpha value is -3.03. The van der Waals surface area contributed by atoms with Crippen molar-refractivity contribution in [2.75, 3.05) is 46.2 Å².